The van der Waals surface area contributed by atoms with Crippen molar-refractivity contribution in [3.05, 3.63) is 71.8 Å². The lowest BCUT2D eigenvalue weighted by Crippen LogP contribution is -2.00. The second kappa shape index (κ2) is 5.72. The first-order chi connectivity index (χ1) is 10.9. The molecule has 2 aromatic carbocycles. The second-order valence-electron chi connectivity index (χ2n) is 5.56. The summed E-state index contributed by atoms with van der Waals surface area (Å²) >= 11 is 0. The molecule has 2 heterocycles. The van der Waals surface area contributed by atoms with Gasteiger partial charge in [-0.1, -0.05) is 60.7 Å². The van der Waals surface area contributed by atoms with Gasteiger partial charge in [0.05, 0.1) is 0 Å². The average molecular weight is 290 g/mol. The Hall–Kier alpha value is -2.48. The third-order valence-electron chi connectivity index (χ3n) is 4.14. The van der Waals surface area contributed by atoms with Gasteiger partial charge in [0.15, 0.2) is 0 Å². The molecular weight excluding hydrogens is 272 g/mol. The van der Waals surface area contributed by atoms with Crippen LogP contribution in [0.5, 0.6) is 11.5 Å². The van der Waals surface area contributed by atoms with Gasteiger partial charge in [-0.05, 0) is 24.0 Å². The third kappa shape index (κ3) is 2.31. The van der Waals surface area contributed by atoms with Crippen LogP contribution >= 0.6 is 0 Å². The molecule has 0 bridgehead atoms. The molecule has 2 heteroatoms. The molecule has 0 fully saturated rings. The van der Waals surface area contributed by atoms with Crippen molar-refractivity contribution < 1.29 is 9.47 Å². The third-order valence-corrected chi connectivity index (χ3v) is 4.14. The summed E-state index contributed by atoms with van der Waals surface area (Å²) in [6.07, 6.45) is 10.3. The summed E-state index contributed by atoms with van der Waals surface area (Å²) < 4.78 is 12.0. The Morgan fingerprint density at radius 1 is 0.591 bits per heavy atom. The smallest absolute Gasteiger partial charge is 0.131 e. The first-order valence-electron chi connectivity index (χ1n) is 7.73. The molecule has 2 aliphatic heterocycles. The van der Waals surface area contributed by atoms with Crippen LogP contribution in [0.2, 0.25) is 0 Å². The summed E-state index contributed by atoms with van der Waals surface area (Å²) in [7, 11) is 0. The van der Waals surface area contributed by atoms with Crippen LogP contribution < -0.4 is 9.47 Å². The summed E-state index contributed by atoms with van der Waals surface area (Å²) in [6.45, 7) is 1.25. The number of rotatable bonds is 1. The molecule has 0 aromatic heterocycles. The van der Waals surface area contributed by atoms with E-state index in [1.165, 1.54) is 11.1 Å². The second-order valence-corrected chi connectivity index (χ2v) is 5.56. The van der Waals surface area contributed by atoms with E-state index in [9.17, 15) is 0 Å². The van der Waals surface area contributed by atoms with Gasteiger partial charge in [-0.2, -0.15) is 0 Å². The summed E-state index contributed by atoms with van der Waals surface area (Å²) in [5.41, 5.74) is 4.71. The van der Waals surface area contributed by atoms with Crippen LogP contribution in [-0.4, -0.2) is 13.2 Å². The van der Waals surface area contributed by atoms with Gasteiger partial charge >= 0.3 is 0 Å². The standard InChI is InChI=1S/C20H18O2/c1-3-13-21-19-15(7-1)9-5-11-17(19)18-12-6-10-16-8-2-4-14-22-20(16)18/h1-6,9-12H,7-8,13-14H2. The Labute approximate surface area is 130 Å². The van der Waals surface area contributed by atoms with Gasteiger partial charge in [0, 0.05) is 11.1 Å². The van der Waals surface area contributed by atoms with E-state index in [4.69, 9.17) is 9.47 Å². The highest BCUT2D eigenvalue weighted by Gasteiger charge is 2.18. The fourth-order valence-electron chi connectivity index (χ4n) is 3.08. The number of ether oxygens (including phenoxy) is 2. The minimum atomic E-state index is 0.626. The largest absolute Gasteiger partial charge is 0.489 e. The normalized spacial score (nSPS) is 15.8. The van der Waals surface area contributed by atoms with Crippen molar-refractivity contribution >= 4 is 0 Å². The molecule has 0 amide bonds. The van der Waals surface area contributed by atoms with E-state index in [2.05, 4.69) is 60.7 Å². The van der Waals surface area contributed by atoms with Gasteiger partial charge in [0.1, 0.15) is 24.7 Å². The van der Waals surface area contributed by atoms with Crippen molar-refractivity contribution in [1.29, 1.82) is 0 Å². The first kappa shape index (κ1) is 13.2. The molecule has 0 radical (unpaired) electrons. The summed E-state index contributed by atoms with van der Waals surface area (Å²) in [5, 5.41) is 0. The Balaban J connectivity index is 1.87. The zero-order chi connectivity index (χ0) is 14.8. The van der Waals surface area contributed by atoms with Crippen LogP contribution in [0.15, 0.2) is 60.7 Å². The molecule has 0 unspecified atom stereocenters. The molecular formula is C20H18O2. The highest BCUT2D eigenvalue weighted by molar-refractivity contribution is 5.78. The number of benzene rings is 2. The lowest BCUT2D eigenvalue weighted by Gasteiger charge is -2.17. The lowest BCUT2D eigenvalue weighted by molar-refractivity contribution is 0.358. The van der Waals surface area contributed by atoms with Crippen LogP contribution in [0, 0.1) is 0 Å². The maximum absolute atomic E-state index is 6.00. The van der Waals surface area contributed by atoms with Crippen molar-refractivity contribution in [1.82, 2.24) is 0 Å². The Morgan fingerprint density at radius 3 is 1.59 bits per heavy atom. The van der Waals surface area contributed by atoms with Crippen molar-refractivity contribution in [2.75, 3.05) is 13.2 Å². The van der Waals surface area contributed by atoms with Crippen molar-refractivity contribution in [3.8, 4) is 22.6 Å². The van der Waals surface area contributed by atoms with Crippen LogP contribution in [0.4, 0.5) is 0 Å². The molecule has 0 spiro atoms. The van der Waals surface area contributed by atoms with Gasteiger partial charge < -0.3 is 9.47 Å². The Kier molecular flexibility index (Phi) is 3.43. The van der Waals surface area contributed by atoms with Gasteiger partial charge in [-0.25, -0.2) is 0 Å². The average Bonchev–Trinajstić information content (AvgIpc) is 2.94. The monoisotopic (exact) mass is 290 g/mol. The van der Waals surface area contributed by atoms with Gasteiger partial charge in [0.25, 0.3) is 0 Å². The molecule has 0 N–H and O–H groups in total. The van der Waals surface area contributed by atoms with E-state index in [1.807, 2.05) is 0 Å². The van der Waals surface area contributed by atoms with Gasteiger partial charge in [-0.3, -0.25) is 0 Å². The zero-order valence-electron chi connectivity index (χ0n) is 12.4. The van der Waals surface area contributed by atoms with Crippen LogP contribution in [0.25, 0.3) is 11.1 Å². The highest BCUT2D eigenvalue weighted by atomic mass is 16.5. The summed E-state index contributed by atoms with van der Waals surface area (Å²) in [6, 6.07) is 12.7. The minimum Gasteiger partial charge on any atom is -0.489 e. The molecule has 22 heavy (non-hydrogen) atoms. The molecule has 0 atom stereocenters. The lowest BCUT2D eigenvalue weighted by atomic mass is 9.96. The van der Waals surface area contributed by atoms with E-state index in [0.717, 1.165) is 35.5 Å². The fourth-order valence-corrected chi connectivity index (χ4v) is 3.08. The molecule has 2 aromatic rings. The Bertz CT molecular complexity index is 691. The van der Waals surface area contributed by atoms with Crippen LogP contribution in [0.1, 0.15) is 11.1 Å². The van der Waals surface area contributed by atoms with E-state index in [-0.39, 0.29) is 0 Å². The maximum Gasteiger partial charge on any atom is 0.131 e. The number of hydrogen-bond donors (Lipinski definition) is 0. The first-order valence-corrected chi connectivity index (χ1v) is 7.73. The van der Waals surface area contributed by atoms with Crippen LogP contribution in [0.3, 0.4) is 0 Å². The van der Waals surface area contributed by atoms with Crippen molar-refractivity contribution in [3.63, 3.8) is 0 Å². The van der Waals surface area contributed by atoms with E-state index < -0.39 is 0 Å². The molecule has 2 aliphatic rings. The van der Waals surface area contributed by atoms with E-state index >= 15 is 0 Å². The maximum atomic E-state index is 6.00. The summed E-state index contributed by atoms with van der Waals surface area (Å²) in [4.78, 5) is 0. The predicted molar refractivity (Wildman–Crippen MR) is 88.6 cm³/mol. The number of hydrogen-bond acceptors (Lipinski definition) is 2. The van der Waals surface area contributed by atoms with E-state index in [0.29, 0.717) is 13.2 Å². The molecule has 0 saturated heterocycles. The number of allylic oxidation sites excluding steroid dienone is 2. The molecule has 2 nitrogen and oxygen atoms in total. The van der Waals surface area contributed by atoms with Crippen molar-refractivity contribution in [2.45, 2.75) is 12.8 Å². The predicted octanol–water partition coefficient (Wildman–Crippen LogP) is 4.34. The minimum absolute atomic E-state index is 0.626. The van der Waals surface area contributed by atoms with Gasteiger partial charge in [-0.15, -0.1) is 0 Å². The quantitative estimate of drug-likeness (QED) is 0.728. The molecule has 0 aliphatic carbocycles. The topological polar surface area (TPSA) is 18.5 Å². The SMILES string of the molecule is C1=CCc2cccc(-c3cccc4c3OCC=CC4)c2OC1. The molecule has 4 rings (SSSR count). The molecule has 0 saturated carbocycles. The number of fused-ring (bicyclic) bond motifs is 2. The van der Waals surface area contributed by atoms with Crippen LogP contribution in [-0.2, 0) is 12.8 Å². The zero-order valence-corrected chi connectivity index (χ0v) is 12.4. The highest BCUT2D eigenvalue weighted by Crippen LogP contribution is 2.41. The molecule has 110 valence electrons. The van der Waals surface area contributed by atoms with E-state index in [1.54, 1.807) is 0 Å². The summed E-state index contributed by atoms with van der Waals surface area (Å²) in [5.74, 6) is 1.98. The fraction of sp³-hybridized carbons (Fsp3) is 0.200. The Morgan fingerprint density at radius 2 is 1.09 bits per heavy atom. The van der Waals surface area contributed by atoms with Gasteiger partial charge in [0.2, 0.25) is 0 Å². The van der Waals surface area contributed by atoms with Crippen molar-refractivity contribution in [2.24, 2.45) is 0 Å². The number of para-hydroxylation sites is 2.